The summed E-state index contributed by atoms with van der Waals surface area (Å²) < 4.78 is 7.82. The van der Waals surface area contributed by atoms with Gasteiger partial charge in [-0.05, 0) is 34.7 Å². The summed E-state index contributed by atoms with van der Waals surface area (Å²) in [6.45, 7) is 0. The van der Waals surface area contributed by atoms with Crippen LogP contribution >= 0.6 is 22.6 Å². The molecule has 0 amide bonds. The topological polar surface area (TPSA) is 31.2 Å². The molecular weight excluding hydrogens is 305 g/mol. The van der Waals surface area contributed by atoms with E-state index in [0.717, 1.165) is 14.5 Å². The Hall–Kier alpha value is -1.04. The zero-order valence-electron chi connectivity index (χ0n) is 8.45. The van der Waals surface area contributed by atoms with Gasteiger partial charge in [-0.2, -0.15) is 0 Å². The average molecular weight is 315 g/mol. The molecule has 0 spiro atoms. The monoisotopic (exact) mass is 315 g/mol. The molecule has 1 heterocycles. The first-order valence-electron chi connectivity index (χ1n) is 4.46. The number of aryl methyl sites for hydroxylation is 1. The normalized spacial score (nSPS) is 10.6. The minimum absolute atomic E-state index is 0.290. The molecule has 0 aliphatic carbocycles. The molecule has 78 valence electrons. The molecule has 15 heavy (non-hydrogen) atoms. The van der Waals surface area contributed by atoms with E-state index in [-0.39, 0.29) is 5.97 Å². The molecule has 0 bridgehead atoms. The minimum Gasteiger partial charge on any atom is -0.465 e. The highest BCUT2D eigenvalue weighted by molar-refractivity contribution is 14.1. The van der Waals surface area contributed by atoms with Gasteiger partial charge >= 0.3 is 5.97 Å². The highest BCUT2D eigenvalue weighted by Crippen LogP contribution is 2.23. The van der Waals surface area contributed by atoms with Crippen molar-refractivity contribution in [1.82, 2.24) is 4.57 Å². The number of halogens is 1. The summed E-state index contributed by atoms with van der Waals surface area (Å²) >= 11 is 2.25. The van der Waals surface area contributed by atoms with Gasteiger partial charge in [0, 0.05) is 27.7 Å². The maximum absolute atomic E-state index is 11.5. The first-order valence-corrected chi connectivity index (χ1v) is 5.54. The summed E-state index contributed by atoms with van der Waals surface area (Å²) in [5.74, 6) is -0.290. The van der Waals surface area contributed by atoms with Gasteiger partial charge < -0.3 is 9.30 Å². The van der Waals surface area contributed by atoms with Gasteiger partial charge in [-0.3, -0.25) is 0 Å². The van der Waals surface area contributed by atoms with E-state index in [9.17, 15) is 4.79 Å². The molecule has 0 saturated carbocycles. The molecule has 0 aliphatic rings. The van der Waals surface area contributed by atoms with Crippen LogP contribution in [0.2, 0.25) is 0 Å². The Kier molecular flexibility index (Phi) is 2.68. The van der Waals surface area contributed by atoms with Crippen molar-refractivity contribution in [1.29, 1.82) is 0 Å². The van der Waals surface area contributed by atoms with Crippen LogP contribution in [0.15, 0.2) is 24.4 Å². The fourth-order valence-corrected chi connectivity index (χ4v) is 2.10. The van der Waals surface area contributed by atoms with Crippen LogP contribution in [0, 0.1) is 3.57 Å². The van der Waals surface area contributed by atoms with E-state index in [1.165, 1.54) is 7.11 Å². The smallest absolute Gasteiger partial charge is 0.340 e. The maximum Gasteiger partial charge on any atom is 0.340 e. The summed E-state index contributed by atoms with van der Waals surface area (Å²) in [6.07, 6.45) is 1.80. The predicted octanol–water partition coefficient (Wildman–Crippen LogP) is 2.57. The molecule has 2 rings (SSSR count). The molecule has 0 fully saturated rings. The minimum atomic E-state index is -0.290. The summed E-state index contributed by atoms with van der Waals surface area (Å²) in [7, 11) is 3.32. The van der Waals surface area contributed by atoms with Crippen LogP contribution in [0.1, 0.15) is 10.4 Å². The van der Waals surface area contributed by atoms with Crippen molar-refractivity contribution in [3.63, 3.8) is 0 Å². The highest BCUT2D eigenvalue weighted by atomic mass is 127. The number of benzene rings is 1. The number of carbonyl (C=O) groups is 1. The molecule has 0 saturated heterocycles. The van der Waals surface area contributed by atoms with Crippen LogP contribution in [0.5, 0.6) is 0 Å². The lowest BCUT2D eigenvalue weighted by Gasteiger charge is -1.97. The largest absolute Gasteiger partial charge is 0.465 e. The molecular formula is C11H10INO2. The molecule has 3 nitrogen and oxygen atoms in total. The lowest BCUT2D eigenvalue weighted by Crippen LogP contribution is -1.99. The maximum atomic E-state index is 11.5. The van der Waals surface area contributed by atoms with Crippen LogP contribution < -0.4 is 0 Å². The molecule has 2 aromatic rings. The van der Waals surface area contributed by atoms with Crippen LogP contribution in [0.3, 0.4) is 0 Å². The molecule has 0 radical (unpaired) electrons. The second-order valence-electron chi connectivity index (χ2n) is 3.31. The first kappa shape index (κ1) is 10.5. The second kappa shape index (κ2) is 3.84. The zero-order valence-corrected chi connectivity index (χ0v) is 10.6. The summed E-state index contributed by atoms with van der Waals surface area (Å²) in [5, 5.41) is 0.935. The Labute approximate surface area is 101 Å². The highest BCUT2D eigenvalue weighted by Gasteiger charge is 2.13. The lowest BCUT2D eigenvalue weighted by molar-refractivity contribution is 0.0603. The fourth-order valence-electron chi connectivity index (χ4n) is 1.63. The lowest BCUT2D eigenvalue weighted by atomic mass is 10.2. The third-order valence-electron chi connectivity index (χ3n) is 2.36. The van der Waals surface area contributed by atoms with Crippen LogP contribution in [0.4, 0.5) is 0 Å². The van der Waals surface area contributed by atoms with E-state index in [4.69, 9.17) is 4.74 Å². The Bertz CT molecular complexity index is 531. The molecule has 4 heteroatoms. The van der Waals surface area contributed by atoms with E-state index in [0.29, 0.717) is 5.56 Å². The standard InChI is InChI=1S/C11H10INO2/c1-13-6-9(11(14)15-2)8-4-3-7(12)5-10(8)13/h3-6H,1-2H3. The van der Waals surface area contributed by atoms with E-state index in [1.807, 2.05) is 29.8 Å². The number of hydrogen-bond donors (Lipinski definition) is 0. The van der Waals surface area contributed by atoms with Gasteiger partial charge in [0.1, 0.15) is 0 Å². The average Bonchev–Trinajstić information content (AvgIpc) is 2.55. The fraction of sp³-hybridized carbons (Fsp3) is 0.182. The first-order chi connectivity index (χ1) is 7.13. The van der Waals surface area contributed by atoms with Crippen LogP contribution in [-0.4, -0.2) is 17.6 Å². The van der Waals surface area contributed by atoms with Gasteiger partial charge in [-0.25, -0.2) is 4.79 Å². The predicted molar refractivity (Wildman–Crippen MR) is 67.0 cm³/mol. The van der Waals surface area contributed by atoms with E-state index in [2.05, 4.69) is 22.6 Å². The summed E-state index contributed by atoms with van der Waals surface area (Å²) in [6, 6.07) is 5.97. The van der Waals surface area contributed by atoms with Gasteiger partial charge in [0.2, 0.25) is 0 Å². The molecule has 1 aromatic carbocycles. The molecule has 0 atom stereocenters. The van der Waals surface area contributed by atoms with Crippen molar-refractivity contribution < 1.29 is 9.53 Å². The van der Waals surface area contributed by atoms with Gasteiger partial charge in [-0.15, -0.1) is 0 Å². The number of carbonyl (C=O) groups excluding carboxylic acids is 1. The van der Waals surface area contributed by atoms with Gasteiger partial charge in [0.25, 0.3) is 0 Å². The van der Waals surface area contributed by atoms with Crippen molar-refractivity contribution in [2.75, 3.05) is 7.11 Å². The second-order valence-corrected chi connectivity index (χ2v) is 4.55. The number of ether oxygens (including phenoxy) is 1. The summed E-state index contributed by atoms with van der Waals surface area (Å²) in [4.78, 5) is 11.5. The van der Waals surface area contributed by atoms with E-state index < -0.39 is 0 Å². The number of esters is 1. The van der Waals surface area contributed by atoms with Crippen LogP contribution in [-0.2, 0) is 11.8 Å². The number of aromatic nitrogens is 1. The van der Waals surface area contributed by atoms with Crippen molar-refractivity contribution in [3.05, 3.63) is 33.5 Å². The quantitative estimate of drug-likeness (QED) is 0.598. The molecule has 0 unspecified atom stereocenters. The number of hydrogen-bond acceptors (Lipinski definition) is 2. The Morgan fingerprint density at radius 1 is 1.47 bits per heavy atom. The molecule has 1 aromatic heterocycles. The SMILES string of the molecule is COC(=O)c1cn(C)c2cc(I)ccc12. The van der Waals surface area contributed by atoms with Gasteiger partial charge in [0.05, 0.1) is 12.7 Å². The summed E-state index contributed by atoms with van der Waals surface area (Å²) in [5.41, 5.74) is 1.66. The van der Waals surface area contributed by atoms with Gasteiger partial charge in [-0.1, -0.05) is 6.07 Å². The number of methoxy groups -OCH3 is 1. The number of fused-ring (bicyclic) bond motifs is 1. The number of rotatable bonds is 1. The van der Waals surface area contributed by atoms with Crippen molar-refractivity contribution in [2.45, 2.75) is 0 Å². The Morgan fingerprint density at radius 3 is 2.87 bits per heavy atom. The molecule has 0 aliphatic heterocycles. The van der Waals surface area contributed by atoms with Gasteiger partial charge in [0.15, 0.2) is 0 Å². The van der Waals surface area contributed by atoms with Crippen molar-refractivity contribution in [2.24, 2.45) is 7.05 Å². The Balaban J connectivity index is 2.73. The van der Waals surface area contributed by atoms with E-state index >= 15 is 0 Å². The third kappa shape index (κ3) is 1.73. The zero-order chi connectivity index (χ0) is 11.0. The molecule has 0 N–H and O–H groups in total. The Morgan fingerprint density at radius 2 is 2.20 bits per heavy atom. The van der Waals surface area contributed by atoms with Crippen molar-refractivity contribution in [3.8, 4) is 0 Å². The number of nitrogens with zero attached hydrogens (tertiary/aromatic N) is 1. The van der Waals surface area contributed by atoms with E-state index in [1.54, 1.807) is 6.20 Å². The third-order valence-corrected chi connectivity index (χ3v) is 3.03. The van der Waals surface area contributed by atoms with Crippen LogP contribution in [0.25, 0.3) is 10.9 Å². The van der Waals surface area contributed by atoms with Crippen molar-refractivity contribution >= 4 is 39.5 Å².